The van der Waals surface area contributed by atoms with Crippen LogP contribution in [0.2, 0.25) is 0 Å². The summed E-state index contributed by atoms with van der Waals surface area (Å²) in [7, 11) is -0.965. The fourth-order valence-electron chi connectivity index (χ4n) is 1.46. The maximum absolute atomic E-state index is 11.8. The third-order valence-electron chi connectivity index (χ3n) is 3.12. The minimum absolute atomic E-state index is 0.0403. The molecule has 0 rings (SSSR count). The number of hydrogen-bond donors (Lipinski definition) is 3. The summed E-state index contributed by atoms with van der Waals surface area (Å²) in [6.07, 6.45) is 1.26. The van der Waals surface area contributed by atoms with Crippen molar-refractivity contribution in [2.24, 2.45) is 0 Å². The first-order valence-electron chi connectivity index (χ1n) is 6.70. The van der Waals surface area contributed by atoms with Gasteiger partial charge in [-0.05, 0) is 40.5 Å². The van der Waals surface area contributed by atoms with Crippen molar-refractivity contribution >= 4 is 16.8 Å². The first-order chi connectivity index (χ1) is 8.64. The molecule has 0 aliphatic carbocycles. The minimum Gasteiger partial charge on any atom is -0.396 e. The first kappa shape index (κ1) is 18.4. The highest BCUT2D eigenvalue weighted by atomic mass is 32.2. The molecule has 0 bridgehead atoms. The molecule has 19 heavy (non-hydrogen) atoms. The van der Waals surface area contributed by atoms with Gasteiger partial charge < -0.3 is 15.7 Å². The summed E-state index contributed by atoms with van der Waals surface area (Å²) in [5.41, 5.74) is -0.401. The average molecular weight is 292 g/mol. The van der Waals surface area contributed by atoms with Crippen molar-refractivity contribution in [1.29, 1.82) is 0 Å². The zero-order valence-corrected chi connectivity index (χ0v) is 13.5. The zero-order chi connectivity index (χ0) is 15.1. The maximum Gasteiger partial charge on any atom is 0.315 e. The van der Waals surface area contributed by atoms with E-state index in [4.69, 9.17) is 5.11 Å². The lowest BCUT2D eigenvalue weighted by molar-refractivity contribution is 0.201. The topological polar surface area (TPSA) is 78.4 Å². The fraction of sp³-hybridized carbons (Fsp3) is 0.923. The number of nitrogens with one attached hydrogen (secondary N) is 2. The van der Waals surface area contributed by atoms with E-state index >= 15 is 0 Å². The van der Waals surface area contributed by atoms with Gasteiger partial charge in [0.05, 0.1) is 0 Å². The summed E-state index contributed by atoms with van der Waals surface area (Å²) in [4.78, 5) is 11.7. The molecule has 0 aromatic carbocycles. The van der Waals surface area contributed by atoms with E-state index in [2.05, 4.69) is 10.6 Å². The number of amides is 2. The van der Waals surface area contributed by atoms with Crippen LogP contribution in [-0.2, 0) is 10.8 Å². The van der Waals surface area contributed by atoms with Crippen molar-refractivity contribution in [2.45, 2.75) is 57.7 Å². The molecule has 0 aromatic rings. The Morgan fingerprint density at radius 2 is 1.84 bits per heavy atom. The molecule has 2 amide bonds. The van der Waals surface area contributed by atoms with E-state index in [1.807, 2.05) is 34.6 Å². The highest BCUT2D eigenvalue weighted by Crippen LogP contribution is 2.13. The number of hydrogen-bond acceptors (Lipinski definition) is 3. The molecule has 0 spiro atoms. The Morgan fingerprint density at radius 1 is 1.26 bits per heavy atom. The fourth-order valence-corrected chi connectivity index (χ4v) is 2.36. The normalized spacial score (nSPS) is 16.5. The predicted molar refractivity (Wildman–Crippen MR) is 79.7 cm³/mol. The quantitative estimate of drug-likeness (QED) is 0.663. The monoisotopic (exact) mass is 292 g/mol. The SMILES string of the molecule is CCC(C)(CCO)NC(=O)NCCS(=O)C(C)(C)C. The van der Waals surface area contributed by atoms with Crippen LogP contribution in [0.5, 0.6) is 0 Å². The Labute approximate surface area is 119 Å². The van der Waals surface area contributed by atoms with Gasteiger partial charge in [-0.15, -0.1) is 0 Å². The van der Waals surface area contributed by atoms with Crippen molar-refractivity contribution in [3.8, 4) is 0 Å². The molecule has 0 aliphatic rings. The van der Waals surface area contributed by atoms with Crippen molar-refractivity contribution < 1.29 is 14.1 Å². The molecule has 6 heteroatoms. The van der Waals surface area contributed by atoms with Gasteiger partial charge in [0.25, 0.3) is 0 Å². The van der Waals surface area contributed by atoms with E-state index in [1.54, 1.807) is 0 Å². The van der Waals surface area contributed by atoms with Crippen LogP contribution in [0.15, 0.2) is 0 Å². The third-order valence-corrected chi connectivity index (χ3v) is 5.06. The van der Waals surface area contributed by atoms with Gasteiger partial charge in [0.2, 0.25) is 0 Å². The van der Waals surface area contributed by atoms with Gasteiger partial charge in [0.15, 0.2) is 0 Å². The van der Waals surface area contributed by atoms with Crippen molar-refractivity contribution in [3.05, 3.63) is 0 Å². The summed E-state index contributed by atoms with van der Waals surface area (Å²) >= 11 is 0. The summed E-state index contributed by atoms with van der Waals surface area (Å²) < 4.78 is 11.5. The smallest absolute Gasteiger partial charge is 0.315 e. The summed E-state index contributed by atoms with van der Waals surface area (Å²) in [6, 6.07) is -0.274. The first-order valence-corrected chi connectivity index (χ1v) is 8.02. The Kier molecular flexibility index (Phi) is 7.59. The molecular formula is C13H28N2O3S. The van der Waals surface area contributed by atoms with Gasteiger partial charge in [0, 0.05) is 40.0 Å². The third kappa shape index (κ3) is 7.52. The number of carbonyl (C=O) groups is 1. The molecule has 0 aliphatic heterocycles. The van der Waals surface area contributed by atoms with Crippen LogP contribution >= 0.6 is 0 Å². The molecule has 2 atom stereocenters. The highest BCUT2D eigenvalue weighted by Gasteiger charge is 2.24. The summed E-state index contributed by atoms with van der Waals surface area (Å²) in [5.74, 6) is 0.444. The summed E-state index contributed by atoms with van der Waals surface area (Å²) in [5, 5.41) is 14.5. The molecule has 0 radical (unpaired) electrons. The highest BCUT2D eigenvalue weighted by molar-refractivity contribution is 7.86. The number of aliphatic hydroxyl groups is 1. The second-order valence-electron chi connectivity index (χ2n) is 5.93. The second kappa shape index (κ2) is 7.85. The summed E-state index contributed by atoms with van der Waals surface area (Å²) in [6.45, 7) is 10.0. The van der Waals surface area contributed by atoms with Crippen LogP contribution in [0.4, 0.5) is 4.79 Å². The number of rotatable bonds is 7. The van der Waals surface area contributed by atoms with E-state index in [9.17, 15) is 9.00 Å². The van der Waals surface area contributed by atoms with Gasteiger partial charge in [-0.3, -0.25) is 4.21 Å². The number of urea groups is 1. The van der Waals surface area contributed by atoms with Gasteiger partial charge in [-0.2, -0.15) is 0 Å². The second-order valence-corrected chi connectivity index (χ2v) is 8.25. The largest absolute Gasteiger partial charge is 0.396 e. The van der Waals surface area contributed by atoms with Crippen LogP contribution in [0.3, 0.4) is 0 Å². The minimum atomic E-state index is -0.965. The molecule has 3 N–H and O–H groups in total. The Balaban J connectivity index is 4.09. The van der Waals surface area contributed by atoms with Gasteiger partial charge >= 0.3 is 6.03 Å². The van der Waals surface area contributed by atoms with Gasteiger partial charge in [-0.25, -0.2) is 4.79 Å². The number of aliphatic hydroxyl groups excluding tert-OH is 1. The van der Waals surface area contributed by atoms with Gasteiger partial charge in [-0.1, -0.05) is 6.92 Å². The van der Waals surface area contributed by atoms with Crippen molar-refractivity contribution in [1.82, 2.24) is 10.6 Å². The molecule has 0 heterocycles. The van der Waals surface area contributed by atoms with Crippen LogP contribution in [-0.4, -0.2) is 44.5 Å². The lowest BCUT2D eigenvalue weighted by Gasteiger charge is -2.29. The van der Waals surface area contributed by atoms with E-state index in [1.165, 1.54) is 0 Å². The molecule has 0 saturated carbocycles. The molecule has 0 fully saturated rings. The van der Waals surface area contributed by atoms with Crippen LogP contribution in [0.1, 0.15) is 47.5 Å². The van der Waals surface area contributed by atoms with E-state index in [0.29, 0.717) is 18.7 Å². The lowest BCUT2D eigenvalue weighted by Crippen LogP contribution is -2.51. The Bertz CT molecular complexity index is 316. The van der Waals surface area contributed by atoms with Crippen LogP contribution < -0.4 is 10.6 Å². The molecule has 5 nitrogen and oxygen atoms in total. The Morgan fingerprint density at radius 3 is 2.26 bits per heavy atom. The van der Waals surface area contributed by atoms with Crippen LogP contribution in [0, 0.1) is 0 Å². The standard InChI is InChI=1S/C13H28N2O3S/c1-6-13(5,7-9-16)15-11(17)14-8-10-19(18)12(2,3)4/h16H,6-10H2,1-5H3,(H2,14,15,17). The zero-order valence-electron chi connectivity index (χ0n) is 12.7. The maximum atomic E-state index is 11.8. The molecule has 0 aromatic heterocycles. The molecule has 0 saturated heterocycles. The van der Waals surface area contributed by atoms with Crippen molar-refractivity contribution in [3.63, 3.8) is 0 Å². The van der Waals surface area contributed by atoms with E-state index < -0.39 is 16.3 Å². The Hall–Kier alpha value is -0.620. The van der Waals surface area contributed by atoms with E-state index in [0.717, 1.165) is 6.42 Å². The number of carbonyl (C=O) groups excluding carboxylic acids is 1. The molecule has 2 unspecified atom stereocenters. The van der Waals surface area contributed by atoms with Crippen LogP contribution in [0.25, 0.3) is 0 Å². The predicted octanol–water partition coefficient (Wildman–Crippen LogP) is 1.38. The molecule has 114 valence electrons. The van der Waals surface area contributed by atoms with E-state index in [-0.39, 0.29) is 17.4 Å². The average Bonchev–Trinajstić information content (AvgIpc) is 2.27. The lowest BCUT2D eigenvalue weighted by atomic mass is 9.95. The van der Waals surface area contributed by atoms with Crippen molar-refractivity contribution in [2.75, 3.05) is 18.9 Å². The van der Waals surface area contributed by atoms with Gasteiger partial charge in [0.1, 0.15) is 0 Å². The molecular weight excluding hydrogens is 264 g/mol.